The monoisotopic (exact) mass is 322 g/mol. The van der Waals surface area contributed by atoms with Gasteiger partial charge >= 0.3 is 6.18 Å². The predicted molar refractivity (Wildman–Crippen MR) is 82.6 cm³/mol. The lowest BCUT2D eigenvalue weighted by atomic mass is 10.2. The number of nitrogens with zero attached hydrogens (tertiary/aromatic N) is 2. The summed E-state index contributed by atoms with van der Waals surface area (Å²) in [6.07, 6.45) is 1.67. The second kappa shape index (κ2) is 6.44. The van der Waals surface area contributed by atoms with E-state index in [4.69, 9.17) is 0 Å². The summed E-state index contributed by atoms with van der Waals surface area (Å²) in [7, 11) is 0. The topological polar surface area (TPSA) is 49.8 Å². The molecule has 2 aromatic rings. The van der Waals surface area contributed by atoms with Crippen LogP contribution < -0.4 is 10.6 Å². The maximum atomic E-state index is 12.7. The number of hydrogen-bond donors (Lipinski definition) is 2. The van der Waals surface area contributed by atoms with Crippen molar-refractivity contribution in [1.29, 1.82) is 0 Å². The van der Waals surface area contributed by atoms with Gasteiger partial charge in [0, 0.05) is 17.8 Å². The molecule has 0 bridgehead atoms. The molecule has 3 rings (SSSR count). The molecule has 0 radical (unpaired) electrons. The smallest absolute Gasteiger partial charge is 0.367 e. The molecule has 1 aliphatic carbocycles. The molecule has 2 N–H and O–H groups in total. The third-order valence-corrected chi connectivity index (χ3v) is 3.84. The van der Waals surface area contributed by atoms with Gasteiger partial charge in [-0.3, -0.25) is 0 Å². The zero-order valence-corrected chi connectivity index (χ0v) is 12.4. The van der Waals surface area contributed by atoms with Crippen LogP contribution in [0.5, 0.6) is 0 Å². The number of hydrogen-bond acceptors (Lipinski definition) is 4. The van der Waals surface area contributed by atoms with Gasteiger partial charge in [-0.1, -0.05) is 18.9 Å². The summed E-state index contributed by atoms with van der Waals surface area (Å²) in [4.78, 5) is 8.22. The van der Waals surface area contributed by atoms with Gasteiger partial charge in [-0.05, 0) is 31.0 Å². The molecule has 0 spiro atoms. The minimum absolute atomic E-state index is 0.338. The third-order valence-electron chi connectivity index (χ3n) is 3.84. The van der Waals surface area contributed by atoms with Crippen LogP contribution in [-0.2, 0) is 6.18 Å². The fourth-order valence-corrected chi connectivity index (χ4v) is 2.71. The lowest BCUT2D eigenvalue weighted by Crippen LogP contribution is -2.15. The van der Waals surface area contributed by atoms with Crippen molar-refractivity contribution in [2.45, 2.75) is 37.9 Å². The number of rotatable bonds is 4. The van der Waals surface area contributed by atoms with Crippen molar-refractivity contribution in [3.05, 3.63) is 42.2 Å². The summed E-state index contributed by atoms with van der Waals surface area (Å²) in [6, 6.07) is 7.15. The molecule has 122 valence electrons. The highest BCUT2D eigenvalue weighted by Crippen LogP contribution is 2.31. The Balaban J connectivity index is 1.72. The van der Waals surface area contributed by atoms with E-state index in [-0.39, 0.29) is 0 Å². The minimum atomic E-state index is -4.36. The van der Waals surface area contributed by atoms with E-state index in [2.05, 4.69) is 20.6 Å². The molecule has 1 heterocycles. The third kappa shape index (κ3) is 4.12. The highest BCUT2D eigenvalue weighted by Gasteiger charge is 2.30. The second-order valence-corrected chi connectivity index (χ2v) is 5.62. The number of nitrogens with one attached hydrogen (secondary N) is 2. The summed E-state index contributed by atoms with van der Waals surface area (Å²) >= 11 is 0. The average Bonchev–Trinajstić information content (AvgIpc) is 3.00. The summed E-state index contributed by atoms with van der Waals surface area (Å²) in [5.74, 6) is 1.14. The van der Waals surface area contributed by atoms with Gasteiger partial charge in [0.2, 0.25) is 0 Å². The molecular formula is C16H17F3N4. The fourth-order valence-electron chi connectivity index (χ4n) is 2.71. The Morgan fingerprint density at radius 3 is 2.48 bits per heavy atom. The second-order valence-electron chi connectivity index (χ2n) is 5.62. The van der Waals surface area contributed by atoms with E-state index in [9.17, 15) is 13.2 Å². The lowest BCUT2D eigenvalue weighted by Gasteiger charge is -2.14. The van der Waals surface area contributed by atoms with Crippen molar-refractivity contribution in [2.24, 2.45) is 0 Å². The van der Waals surface area contributed by atoms with Gasteiger partial charge in [-0.15, -0.1) is 0 Å². The van der Waals surface area contributed by atoms with E-state index >= 15 is 0 Å². The largest absolute Gasteiger partial charge is 0.416 e. The molecule has 1 fully saturated rings. The van der Waals surface area contributed by atoms with Gasteiger partial charge in [0.1, 0.15) is 18.0 Å². The molecule has 23 heavy (non-hydrogen) atoms. The van der Waals surface area contributed by atoms with E-state index in [1.807, 2.05) is 0 Å². The lowest BCUT2D eigenvalue weighted by molar-refractivity contribution is -0.137. The van der Waals surface area contributed by atoms with Crippen LogP contribution in [0.25, 0.3) is 0 Å². The maximum absolute atomic E-state index is 12.7. The normalized spacial score (nSPS) is 15.6. The molecule has 4 nitrogen and oxygen atoms in total. The number of aromatic nitrogens is 2. The van der Waals surface area contributed by atoms with Crippen LogP contribution in [0.4, 0.5) is 30.5 Å². The minimum Gasteiger partial charge on any atom is -0.367 e. The van der Waals surface area contributed by atoms with Crippen molar-refractivity contribution >= 4 is 17.3 Å². The van der Waals surface area contributed by atoms with Gasteiger partial charge in [0.25, 0.3) is 0 Å². The maximum Gasteiger partial charge on any atom is 0.416 e. The molecule has 0 atom stereocenters. The van der Waals surface area contributed by atoms with Crippen molar-refractivity contribution in [1.82, 2.24) is 9.97 Å². The highest BCUT2D eigenvalue weighted by atomic mass is 19.4. The van der Waals surface area contributed by atoms with E-state index in [0.29, 0.717) is 23.4 Å². The first kappa shape index (κ1) is 15.6. The Kier molecular flexibility index (Phi) is 4.36. The summed E-state index contributed by atoms with van der Waals surface area (Å²) < 4.78 is 38.2. The average molecular weight is 322 g/mol. The molecular weight excluding hydrogens is 305 g/mol. The molecule has 7 heteroatoms. The number of alkyl halides is 3. The van der Waals surface area contributed by atoms with E-state index in [1.54, 1.807) is 12.1 Å². The number of anilines is 3. The summed E-state index contributed by atoms with van der Waals surface area (Å²) in [5.41, 5.74) is -0.355. The van der Waals surface area contributed by atoms with Crippen LogP contribution in [0.15, 0.2) is 36.7 Å². The standard InChI is InChI=1S/C16H17F3N4/c17-16(18,19)11-4-3-7-13(8-11)23-15-9-14(20-10-21-15)22-12-5-1-2-6-12/h3-4,7-10,12H,1-2,5-6H2,(H2,20,21,22,23). The highest BCUT2D eigenvalue weighted by molar-refractivity contribution is 5.59. The van der Waals surface area contributed by atoms with Crippen LogP contribution >= 0.6 is 0 Å². The van der Waals surface area contributed by atoms with Gasteiger partial charge in [0.05, 0.1) is 5.56 Å². The predicted octanol–water partition coefficient (Wildman–Crippen LogP) is 4.59. The SMILES string of the molecule is FC(F)(F)c1cccc(Nc2cc(NC3CCCC3)ncn2)c1. The van der Waals surface area contributed by atoms with E-state index in [0.717, 1.165) is 25.0 Å². The first-order chi connectivity index (χ1) is 11.0. The van der Waals surface area contributed by atoms with Crippen LogP contribution in [-0.4, -0.2) is 16.0 Å². The molecule has 1 saturated carbocycles. The van der Waals surface area contributed by atoms with E-state index < -0.39 is 11.7 Å². The Morgan fingerprint density at radius 1 is 1.00 bits per heavy atom. The van der Waals surface area contributed by atoms with Crippen molar-refractivity contribution < 1.29 is 13.2 Å². The molecule has 1 aromatic heterocycles. The van der Waals surface area contributed by atoms with Crippen LogP contribution in [0.1, 0.15) is 31.2 Å². The number of benzene rings is 1. The molecule has 1 aliphatic rings. The molecule has 0 aliphatic heterocycles. The van der Waals surface area contributed by atoms with Gasteiger partial charge in [0.15, 0.2) is 0 Å². The zero-order valence-electron chi connectivity index (χ0n) is 12.4. The zero-order chi connectivity index (χ0) is 16.3. The summed E-state index contributed by atoms with van der Waals surface area (Å²) in [5, 5.41) is 6.22. The van der Waals surface area contributed by atoms with Crippen molar-refractivity contribution in [2.75, 3.05) is 10.6 Å². The quantitative estimate of drug-likeness (QED) is 0.864. The van der Waals surface area contributed by atoms with Crippen molar-refractivity contribution in [3.63, 3.8) is 0 Å². The van der Waals surface area contributed by atoms with Crippen LogP contribution in [0, 0.1) is 0 Å². The molecule has 0 unspecified atom stereocenters. The van der Waals surface area contributed by atoms with Crippen molar-refractivity contribution in [3.8, 4) is 0 Å². The fraction of sp³-hybridized carbons (Fsp3) is 0.375. The Hall–Kier alpha value is -2.31. The molecule has 0 saturated heterocycles. The van der Waals surface area contributed by atoms with Gasteiger partial charge in [-0.2, -0.15) is 13.2 Å². The first-order valence-electron chi connectivity index (χ1n) is 7.53. The van der Waals surface area contributed by atoms with Gasteiger partial charge in [-0.25, -0.2) is 9.97 Å². The molecule has 0 amide bonds. The molecule has 1 aromatic carbocycles. The Morgan fingerprint density at radius 2 is 1.74 bits per heavy atom. The first-order valence-corrected chi connectivity index (χ1v) is 7.53. The summed E-state index contributed by atoms with van der Waals surface area (Å²) in [6.45, 7) is 0. The van der Waals surface area contributed by atoms with Gasteiger partial charge < -0.3 is 10.6 Å². The van der Waals surface area contributed by atoms with Crippen LogP contribution in [0.3, 0.4) is 0 Å². The Bertz CT molecular complexity index is 666. The van der Waals surface area contributed by atoms with Crippen LogP contribution in [0.2, 0.25) is 0 Å². The van der Waals surface area contributed by atoms with E-state index in [1.165, 1.54) is 25.2 Å². The Labute approximate surface area is 132 Å². The number of halogens is 3.